The molecule has 2 aromatic carbocycles. The second-order valence-electron chi connectivity index (χ2n) is 10.7. The molecular formula is C30H38O18. The molecule has 8 N–H and O–H groups in total. The Hall–Kier alpha value is -3.82. The van der Waals surface area contributed by atoms with Crippen LogP contribution in [0.25, 0.3) is 0 Å². The van der Waals surface area contributed by atoms with Gasteiger partial charge in [-0.1, -0.05) is 0 Å². The average molecular weight is 687 g/mol. The molecule has 18 heteroatoms. The van der Waals surface area contributed by atoms with E-state index >= 15 is 0 Å². The van der Waals surface area contributed by atoms with Gasteiger partial charge in [-0.15, -0.1) is 0 Å². The van der Waals surface area contributed by atoms with Gasteiger partial charge in [-0.3, -0.25) is 9.59 Å². The second-order valence-corrected chi connectivity index (χ2v) is 10.7. The number of benzene rings is 2. The third-order valence-corrected chi connectivity index (χ3v) is 7.80. The molecular weight excluding hydrogens is 648 g/mol. The van der Waals surface area contributed by atoms with Crippen molar-refractivity contribution in [2.75, 3.05) is 41.7 Å². The zero-order valence-corrected chi connectivity index (χ0v) is 26.2. The minimum atomic E-state index is -1.81. The third kappa shape index (κ3) is 7.13. The van der Waals surface area contributed by atoms with Crippen molar-refractivity contribution < 1.29 is 88.3 Å². The summed E-state index contributed by atoms with van der Waals surface area (Å²) in [6.07, 6.45) is -16.5. The first-order chi connectivity index (χ1) is 22.8. The largest absolute Gasteiger partial charge is 0.493 e. The Morgan fingerprint density at radius 3 is 1.17 bits per heavy atom. The lowest BCUT2D eigenvalue weighted by molar-refractivity contribution is -0.277. The molecule has 0 unspecified atom stereocenters. The lowest BCUT2D eigenvalue weighted by Gasteiger charge is -2.39. The van der Waals surface area contributed by atoms with Crippen molar-refractivity contribution in [3.8, 4) is 34.5 Å². The highest BCUT2D eigenvalue weighted by molar-refractivity contribution is 6.49. The predicted octanol–water partition coefficient (Wildman–Crippen LogP) is -2.86. The molecule has 2 saturated heterocycles. The van der Waals surface area contributed by atoms with Gasteiger partial charge in [0.15, 0.2) is 23.0 Å². The van der Waals surface area contributed by atoms with Crippen LogP contribution in [0, 0.1) is 0 Å². The van der Waals surface area contributed by atoms with Gasteiger partial charge in [0.2, 0.25) is 35.6 Å². The maximum absolute atomic E-state index is 13.6. The first kappa shape index (κ1) is 37.0. The van der Waals surface area contributed by atoms with Gasteiger partial charge < -0.3 is 78.7 Å². The van der Waals surface area contributed by atoms with E-state index in [1.807, 2.05) is 0 Å². The van der Waals surface area contributed by atoms with E-state index in [0.29, 0.717) is 0 Å². The van der Waals surface area contributed by atoms with E-state index in [9.17, 15) is 50.4 Å². The van der Waals surface area contributed by atoms with Gasteiger partial charge in [-0.05, 0) is 24.3 Å². The molecule has 48 heavy (non-hydrogen) atoms. The summed E-state index contributed by atoms with van der Waals surface area (Å²) in [4.78, 5) is 27.3. The number of ketones is 2. The van der Waals surface area contributed by atoms with Crippen LogP contribution < -0.4 is 28.4 Å². The zero-order valence-electron chi connectivity index (χ0n) is 26.2. The minimum absolute atomic E-state index is 0.0882. The average Bonchev–Trinajstić information content (AvgIpc) is 3.10. The summed E-state index contributed by atoms with van der Waals surface area (Å²) < 4.78 is 43.5. The van der Waals surface area contributed by atoms with Gasteiger partial charge in [-0.25, -0.2) is 0 Å². The molecule has 0 radical (unpaired) electrons. The van der Waals surface area contributed by atoms with E-state index < -0.39 is 86.2 Å². The number of hydrogen-bond donors (Lipinski definition) is 8. The molecule has 0 aromatic heterocycles. The fourth-order valence-electron chi connectivity index (χ4n) is 5.14. The van der Waals surface area contributed by atoms with Crippen LogP contribution >= 0.6 is 0 Å². The van der Waals surface area contributed by atoms with Crippen LogP contribution in [0.5, 0.6) is 34.5 Å². The van der Waals surface area contributed by atoms with E-state index in [1.54, 1.807) is 0 Å². The Labute approximate surface area is 273 Å². The Balaban J connectivity index is 1.69. The van der Waals surface area contributed by atoms with Crippen LogP contribution in [0.1, 0.15) is 20.7 Å². The molecule has 266 valence electrons. The number of aliphatic hydroxyl groups is 8. The molecule has 10 atom stereocenters. The van der Waals surface area contributed by atoms with Crippen molar-refractivity contribution in [1.29, 1.82) is 0 Å². The first-order valence-corrected chi connectivity index (χ1v) is 14.4. The highest BCUT2D eigenvalue weighted by atomic mass is 16.7. The molecule has 2 aromatic rings. The summed E-state index contributed by atoms with van der Waals surface area (Å²) in [5.74, 6) is -3.18. The smallest absolute Gasteiger partial charge is 0.233 e. The quantitative estimate of drug-likeness (QED) is 0.0778. The van der Waals surface area contributed by atoms with Crippen LogP contribution in [0.4, 0.5) is 0 Å². The van der Waals surface area contributed by atoms with E-state index in [0.717, 1.165) is 12.1 Å². The van der Waals surface area contributed by atoms with Gasteiger partial charge in [0.1, 0.15) is 48.8 Å². The number of rotatable bonds is 13. The highest BCUT2D eigenvalue weighted by Gasteiger charge is 2.46. The molecule has 4 rings (SSSR count). The predicted molar refractivity (Wildman–Crippen MR) is 157 cm³/mol. The summed E-state index contributed by atoms with van der Waals surface area (Å²) in [6, 6.07) is 4.50. The monoisotopic (exact) mass is 686 g/mol. The van der Waals surface area contributed by atoms with Crippen LogP contribution in [-0.4, -0.2) is 155 Å². The van der Waals surface area contributed by atoms with Crippen LogP contribution in [-0.2, 0) is 9.47 Å². The number of carbonyl (C=O) groups is 2. The fourth-order valence-corrected chi connectivity index (χ4v) is 5.14. The minimum Gasteiger partial charge on any atom is -0.493 e. The number of carbonyl (C=O) groups excluding carboxylic acids is 2. The lowest BCUT2D eigenvalue weighted by atomic mass is 9.98. The number of methoxy groups -OCH3 is 4. The second kappa shape index (κ2) is 15.6. The fraction of sp³-hybridized carbons (Fsp3) is 0.533. The van der Waals surface area contributed by atoms with E-state index in [2.05, 4.69) is 0 Å². The van der Waals surface area contributed by atoms with Crippen molar-refractivity contribution in [2.45, 2.75) is 61.4 Å². The topological polar surface area (TPSA) is 270 Å². The van der Waals surface area contributed by atoms with Crippen LogP contribution in [0.2, 0.25) is 0 Å². The summed E-state index contributed by atoms with van der Waals surface area (Å²) in [7, 11) is 4.96. The van der Waals surface area contributed by atoms with Crippen molar-refractivity contribution in [3.05, 3.63) is 35.4 Å². The molecule has 0 aliphatic carbocycles. The van der Waals surface area contributed by atoms with Gasteiger partial charge in [-0.2, -0.15) is 0 Å². The Morgan fingerprint density at radius 1 is 0.542 bits per heavy atom. The van der Waals surface area contributed by atoms with E-state index in [1.165, 1.54) is 40.6 Å². The van der Waals surface area contributed by atoms with Gasteiger partial charge >= 0.3 is 0 Å². The van der Waals surface area contributed by atoms with Crippen LogP contribution in [0.3, 0.4) is 0 Å². The summed E-state index contributed by atoms with van der Waals surface area (Å²) in [5.41, 5.74) is -0.605. The Kier molecular flexibility index (Phi) is 12.0. The van der Waals surface area contributed by atoms with Crippen LogP contribution in [0.15, 0.2) is 24.3 Å². The zero-order chi connectivity index (χ0) is 35.4. The van der Waals surface area contributed by atoms with Crippen molar-refractivity contribution in [3.63, 3.8) is 0 Å². The van der Waals surface area contributed by atoms with Crippen molar-refractivity contribution in [2.24, 2.45) is 0 Å². The number of Topliss-reactive ketones (excluding diaryl/α,β-unsaturated/α-hetero) is 2. The standard InChI is InChI=1S/C30H38O18/c1-41-13-5-11(7-15(27(13)43-3)45-29-25(39)23(37)21(35)17(9-31)47-29)19(33)20(34)12-6-14(42-2)28(44-4)16(8-12)46-30-26(40)24(38)22(36)18(10-32)48-30/h5-8,17-18,21-26,29-32,35-40H,9-10H2,1-4H3/t17-,18-,21-,22-,23+,24+,25-,26-,29-,30-/m1/s1. The maximum Gasteiger partial charge on any atom is 0.233 e. The molecule has 2 heterocycles. The first-order valence-electron chi connectivity index (χ1n) is 14.4. The van der Waals surface area contributed by atoms with Crippen molar-refractivity contribution >= 4 is 11.6 Å². The number of hydrogen-bond acceptors (Lipinski definition) is 18. The summed E-state index contributed by atoms with van der Waals surface area (Å²) in [5, 5.41) is 80.5. The van der Waals surface area contributed by atoms with E-state index in [4.69, 9.17) is 37.9 Å². The van der Waals surface area contributed by atoms with Gasteiger partial charge in [0.25, 0.3) is 0 Å². The third-order valence-electron chi connectivity index (χ3n) is 7.80. The molecule has 2 aliphatic heterocycles. The maximum atomic E-state index is 13.6. The molecule has 0 amide bonds. The Morgan fingerprint density at radius 2 is 0.875 bits per heavy atom. The van der Waals surface area contributed by atoms with Gasteiger partial charge in [0.05, 0.1) is 41.7 Å². The molecule has 2 aliphatic rings. The highest BCUT2D eigenvalue weighted by Crippen LogP contribution is 2.42. The SMILES string of the molecule is COc1cc(C(=O)C(=O)c2cc(OC)c(OC)c(O[C@@H]3O[C@H](CO)[C@@H](O)[C@H](O)[C@H]3O)c2)cc(O[C@@H]2O[C@H](CO)[C@@H](O)[C@H](O)[C@H]2O)c1OC. The molecule has 0 saturated carbocycles. The number of aliphatic hydroxyl groups excluding tert-OH is 8. The molecule has 2 fully saturated rings. The molecule has 0 bridgehead atoms. The number of ether oxygens (including phenoxy) is 8. The summed E-state index contributed by atoms with van der Waals surface area (Å²) >= 11 is 0. The molecule has 0 spiro atoms. The lowest BCUT2D eigenvalue weighted by Crippen LogP contribution is -2.60. The normalized spacial score (nSPS) is 30.2. The molecule has 18 nitrogen and oxygen atoms in total. The van der Waals surface area contributed by atoms with Crippen molar-refractivity contribution in [1.82, 2.24) is 0 Å². The summed E-state index contributed by atoms with van der Waals surface area (Å²) in [6.45, 7) is -1.46. The van der Waals surface area contributed by atoms with E-state index in [-0.39, 0.29) is 45.6 Å². The van der Waals surface area contributed by atoms with Gasteiger partial charge in [0, 0.05) is 11.1 Å². The Bertz CT molecular complexity index is 1340.